The number of hydrogen-bond donors (Lipinski definition) is 0. The van der Waals surface area contributed by atoms with Gasteiger partial charge < -0.3 is 42.6 Å². The number of benzene rings is 5. The van der Waals surface area contributed by atoms with E-state index in [0.29, 0.717) is 129 Å². The van der Waals surface area contributed by atoms with Gasteiger partial charge >= 0.3 is 35.8 Å². The first-order valence-corrected chi connectivity index (χ1v) is 32.0. The van der Waals surface area contributed by atoms with E-state index in [0.717, 1.165) is 110 Å². The van der Waals surface area contributed by atoms with Crippen LogP contribution in [0.3, 0.4) is 0 Å². The first-order valence-electron chi connectivity index (χ1n) is 31.1. The van der Waals surface area contributed by atoms with Crippen LogP contribution in [-0.4, -0.2) is 73.8 Å². The Morgan fingerprint density at radius 2 is 0.750 bits per heavy atom. The van der Waals surface area contributed by atoms with E-state index in [2.05, 4.69) is 20.1 Å². The number of aromatic nitrogens is 1. The van der Waals surface area contributed by atoms with Crippen LogP contribution in [-0.2, 0) is 38.2 Å². The number of carbonyl (C=O) groups is 6. The number of ether oxygens (including phenoxy) is 9. The Morgan fingerprint density at radius 1 is 0.409 bits per heavy atom. The first kappa shape index (κ1) is 65.8. The Bertz CT molecular complexity index is 3280. The summed E-state index contributed by atoms with van der Waals surface area (Å²) in [5, 5.41) is 3.12. The molecule has 0 N–H and O–H groups in total. The van der Waals surface area contributed by atoms with Gasteiger partial charge in [-0.2, -0.15) is 0 Å². The molecule has 0 amide bonds. The van der Waals surface area contributed by atoms with Gasteiger partial charge in [0.25, 0.3) is 0 Å². The summed E-state index contributed by atoms with van der Waals surface area (Å²) in [5.74, 6) is 0.0236. The zero-order valence-corrected chi connectivity index (χ0v) is 51.2. The monoisotopic (exact) mass is 1220 g/mol. The molecule has 0 bridgehead atoms. The fourth-order valence-electron chi connectivity index (χ4n) is 10.7. The summed E-state index contributed by atoms with van der Waals surface area (Å²) in [6.07, 6.45) is 17.6. The molecule has 0 radical (unpaired) electrons. The van der Waals surface area contributed by atoms with E-state index in [4.69, 9.17) is 47.6 Å². The molecule has 16 nitrogen and oxygen atoms in total. The van der Waals surface area contributed by atoms with Crippen molar-refractivity contribution in [1.29, 1.82) is 0 Å². The summed E-state index contributed by atoms with van der Waals surface area (Å²) in [5.41, 5.74) is 0.614. The number of unbranched alkanes of at least 4 members (excludes halogenated alkanes) is 9. The summed E-state index contributed by atoms with van der Waals surface area (Å²) < 4.78 is 51.3. The Balaban J connectivity index is 0.832. The molecule has 88 heavy (non-hydrogen) atoms. The van der Waals surface area contributed by atoms with E-state index >= 15 is 0 Å². The van der Waals surface area contributed by atoms with E-state index in [1.54, 1.807) is 66.7 Å². The van der Waals surface area contributed by atoms with Crippen molar-refractivity contribution in [2.24, 2.45) is 23.7 Å². The van der Waals surface area contributed by atoms with Crippen LogP contribution >= 0.6 is 11.8 Å². The molecule has 0 unspecified atom stereocenters. The molecule has 1 aromatic heterocycles. The number of fused-ring (bicyclic) bond motifs is 3. The van der Waals surface area contributed by atoms with Crippen LogP contribution in [0.25, 0.3) is 21.7 Å². The van der Waals surface area contributed by atoms with Gasteiger partial charge in [-0.25, -0.2) is 14.6 Å². The Kier molecular flexibility index (Phi) is 26.1. The number of rotatable bonds is 34. The van der Waals surface area contributed by atoms with E-state index < -0.39 is 23.8 Å². The largest absolute Gasteiger partial charge is 0.494 e. The summed E-state index contributed by atoms with van der Waals surface area (Å²) in [4.78, 5) is 82.4. The topological polar surface area (TPSA) is 198 Å². The highest BCUT2D eigenvalue weighted by atomic mass is 32.2. The van der Waals surface area contributed by atoms with Crippen molar-refractivity contribution in [3.63, 3.8) is 0 Å². The summed E-state index contributed by atoms with van der Waals surface area (Å²) in [6.45, 7) is 11.4. The molecule has 2 saturated carbocycles. The molecule has 6 aromatic rings. The SMILES string of the molecule is C=CC(=O)OCCCCCCOc1ccc(OC(=O)C2CCC(C(=O)Oc3ccc4c(c3)nc(Sc3ccc(OCCCCCC)cc3)c3cc(OC(=O)C5CCC(C(=O)Oc6ccc(OCCCCCCOC(=O)C=C)cc6)CC5)ccc34)CC2)cc1. The number of carbonyl (C=O) groups excluding carboxylic acids is 6. The normalized spacial score (nSPS) is 16.4. The molecule has 2 fully saturated rings. The minimum absolute atomic E-state index is 0.331. The maximum absolute atomic E-state index is 13.8. The molecule has 0 saturated heterocycles. The lowest BCUT2D eigenvalue weighted by atomic mass is 9.82. The fraction of sp³-hybridized carbons (Fsp3) is 0.423. The quantitative estimate of drug-likeness (QED) is 0.0121. The molecule has 1 heterocycles. The number of pyridine rings is 1. The second-order valence-corrected chi connectivity index (χ2v) is 23.3. The Morgan fingerprint density at radius 3 is 1.16 bits per heavy atom. The minimum atomic E-state index is -0.410. The van der Waals surface area contributed by atoms with Gasteiger partial charge in [0.15, 0.2) is 0 Å². The van der Waals surface area contributed by atoms with Gasteiger partial charge in [-0.05, 0) is 218 Å². The molecule has 2 aliphatic rings. The van der Waals surface area contributed by atoms with Gasteiger partial charge in [0.2, 0.25) is 0 Å². The maximum atomic E-state index is 13.8. The van der Waals surface area contributed by atoms with Gasteiger partial charge in [-0.1, -0.05) is 51.1 Å². The van der Waals surface area contributed by atoms with Gasteiger partial charge in [-0.3, -0.25) is 19.2 Å². The standard InChI is InChI=1S/C71H81NO15S/c1-4-7-8-13-42-81-55-34-38-60(39-35-55)88-67-63-47-58(86-70(77)51-22-18-49(19-23-51)68(75)84-56-30-26-53(27-31-56)79-43-14-9-11-16-45-82-65(73)5-2)36-40-61(63)62-41-37-59(48-64(62)72-67)87-71(78)52-24-20-50(21-25-52)69(76)85-57-32-28-54(29-33-57)80-44-15-10-12-17-46-83-66(74)6-3/h5-6,26-41,47-52H,2-4,7-25,42-46H2,1H3. The van der Waals surface area contributed by atoms with Crippen LogP contribution in [0.15, 0.2) is 144 Å². The molecular weight excluding hydrogens is 1140 g/mol. The van der Waals surface area contributed by atoms with E-state index in [1.165, 1.54) is 18.2 Å². The van der Waals surface area contributed by atoms with Gasteiger partial charge in [0, 0.05) is 33.9 Å². The molecule has 0 spiro atoms. The van der Waals surface area contributed by atoms with Gasteiger partial charge in [0.05, 0.1) is 62.2 Å². The van der Waals surface area contributed by atoms with Crippen molar-refractivity contribution >= 4 is 69.3 Å². The van der Waals surface area contributed by atoms with Crippen molar-refractivity contribution in [3.8, 4) is 40.2 Å². The van der Waals surface area contributed by atoms with E-state index in [-0.39, 0.29) is 35.7 Å². The predicted octanol–water partition coefficient (Wildman–Crippen LogP) is 15.5. The fourth-order valence-corrected chi connectivity index (χ4v) is 11.6. The zero-order chi connectivity index (χ0) is 61.9. The lowest BCUT2D eigenvalue weighted by Gasteiger charge is -2.26. The summed E-state index contributed by atoms with van der Waals surface area (Å²) in [6, 6.07) is 32.8. The Labute approximate surface area is 520 Å². The van der Waals surface area contributed by atoms with Gasteiger partial charge in [0.1, 0.15) is 45.3 Å². The molecule has 466 valence electrons. The van der Waals surface area contributed by atoms with Crippen LogP contribution in [0.4, 0.5) is 0 Å². The number of esters is 6. The van der Waals surface area contributed by atoms with Crippen molar-refractivity contribution < 1.29 is 71.4 Å². The lowest BCUT2D eigenvalue weighted by Crippen LogP contribution is -2.30. The second-order valence-electron chi connectivity index (χ2n) is 22.3. The molecule has 2 aliphatic carbocycles. The second kappa shape index (κ2) is 35.0. The molecule has 0 atom stereocenters. The smallest absolute Gasteiger partial charge is 0.330 e. The van der Waals surface area contributed by atoms with Crippen molar-refractivity contribution in [2.45, 2.75) is 145 Å². The van der Waals surface area contributed by atoms with Crippen LogP contribution in [0.2, 0.25) is 0 Å². The van der Waals surface area contributed by atoms with E-state index in [1.807, 2.05) is 42.5 Å². The number of nitrogens with zero attached hydrogens (tertiary/aromatic N) is 1. The van der Waals surface area contributed by atoms with Crippen molar-refractivity contribution in [2.75, 3.05) is 33.0 Å². The van der Waals surface area contributed by atoms with Crippen LogP contribution in [0, 0.1) is 23.7 Å². The van der Waals surface area contributed by atoms with Crippen LogP contribution in [0.5, 0.6) is 40.2 Å². The highest BCUT2D eigenvalue weighted by Gasteiger charge is 2.34. The molecule has 8 rings (SSSR count). The highest BCUT2D eigenvalue weighted by molar-refractivity contribution is 7.99. The first-order chi connectivity index (χ1) is 42.9. The highest BCUT2D eigenvalue weighted by Crippen LogP contribution is 2.40. The number of hydrogen-bond acceptors (Lipinski definition) is 17. The van der Waals surface area contributed by atoms with Crippen molar-refractivity contribution in [1.82, 2.24) is 4.98 Å². The van der Waals surface area contributed by atoms with Crippen molar-refractivity contribution in [3.05, 3.63) is 135 Å². The lowest BCUT2D eigenvalue weighted by molar-refractivity contribution is -0.145. The third kappa shape index (κ3) is 20.7. The van der Waals surface area contributed by atoms with Gasteiger partial charge in [-0.15, -0.1) is 0 Å². The average Bonchev–Trinajstić information content (AvgIpc) is 1.08. The summed E-state index contributed by atoms with van der Waals surface area (Å²) in [7, 11) is 0. The van der Waals surface area contributed by atoms with E-state index in [9.17, 15) is 28.8 Å². The summed E-state index contributed by atoms with van der Waals surface area (Å²) >= 11 is 1.46. The van der Waals surface area contributed by atoms with Crippen LogP contribution < -0.4 is 33.2 Å². The molecule has 0 aliphatic heterocycles. The van der Waals surface area contributed by atoms with Crippen LogP contribution in [0.1, 0.15) is 135 Å². The predicted molar refractivity (Wildman–Crippen MR) is 336 cm³/mol. The molecule has 5 aromatic carbocycles. The Hall–Kier alpha value is -8.18. The third-order valence-corrected chi connectivity index (χ3v) is 16.8. The maximum Gasteiger partial charge on any atom is 0.330 e. The zero-order valence-electron chi connectivity index (χ0n) is 50.4. The molecule has 17 heteroatoms. The molecular formula is C71H81NO15S. The minimum Gasteiger partial charge on any atom is -0.494 e. The third-order valence-electron chi connectivity index (χ3n) is 15.8. The average molecular weight is 1220 g/mol.